The minimum Gasteiger partial charge on any atom is -0.439 e. The third kappa shape index (κ3) is 3.99. The number of ether oxygens (including phenoxy) is 1. The summed E-state index contributed by atoms with van der Waals surface area (Å²) in [5.74, 6) is 1.42. The number of rotatable bonds is 6. The van der Waals surface area contributed by atoms with Crippen molar-refractivity contribution >= 4 is 11.8 Å². The maximum Gasteiger partial charge on any atom is 0.219 e. The van der Waals surface area contributed by atoms with Crippen molar-refractivity contribution in [3.05, 3.63) is 47.7 Å². The third-order valence-electron chi connectivity index (χ3n) is 2.94. The molecule has 0 atom stereocenters. The van der Waals surface area contributed by atoms with Crippen molar-refractivity contribution < 1.29 is 4.74 Å². The van der Waals surface area contributed by atoms with Crippen LogP contribution in [0.3, 0.4) is 0 Å². The molecule has 0 amide bonds. The Balaban J connectivity index is 2.20. The van der Waals surface area contributed by atoms with Crippen LogP contribution in [0.4, 0.5) is 0 Å². The van der Waals surface area contributed by atoms with E-state index in [4.69, 9.17) is 10.5 Å². The molecule has 3 nitrogen and oxygen atoms in total. The first-order chi connectivity index (χ1) is 9.75. The van der Waals surface area contributed by atoms with Crippen molar-refractivity contribution in [1.29, 1.82) is 0 Å². The highest BCUT2D eigenvalue weighted by molar-refractivity contribution is 7.98. The smallest absolute Gasteiger partial charge is 0.219 e. The van der Waals surface area contributed by atoms with Gasteiger partial charge in [-0.1, -0.05) is 13.3 Å². The maximum absolute atomic E-state index is 5.83. The SMILES string of the molecule is CCCc1cc(CN)cc(Oc2ccc(SC)cc2)n1. The topological polar surface area (TPSA) is 48.1 Å². The highest BCUT2D eigenvalue weighted by Gasteiger charge is 2.04. The summed E-state index contributed by atoms with van der Waals surface area (Å²) in [6, 6.07) is 12.0. The fourth-order valence-electron chi connectivity index (χ4n) is 1.94. The van der Waals surface area contributed by atoms with Gasteiger partial charge in [0.15, 0.2) is 0 Å². The number of hydrogen-bond acceptors (Lipinski definition) is 4. The summed E-state index contributed by atoms with van der Waals surface area (Å²) in [6.07, 6.45) is 4.05. The second-order valence-electron chi connectivity index (χ2n) is 4.54. The fourth-order valence-corrected chi connectivity index (χ4v) is 2.35. The zero-order valence-electron chi connectivity index (χ0n) is 11.9. The first-order valence-electron chi connectivity index (χ1n) is 6.77. The van der Waals surface area contributed by atoms with Crippen LogP contribution < -0.4 is 10.5 Å². The molecule has 4 heteroatoms. The van der Waals surface area contributed by atoms with Crippen molar-refractivity contribution in [2.75, 3.05) is 6.26 Å². The minimum atomic E-state index is 0.501. The summed E-state index contributed by atoms with van der Waals surface area (Å²) >= 11 is 1.71. The van der Waals surface area contributed by atoms with Crippen molar-refractivity contribution in [2.24, 2.45) is 5.73 Å². The highest BCUT2D eigenvalue weighted by Crippen LogP contribution is 2.24. The predicted molar refractivity (Wildman–Crippen MR) is 84.4 cm³/mol. The third-order valence-corrected chi connectivity index (χ3v) is 3.68. The Morgan fingerprint density at radius 2 is 1.95 bits per heavy atom. The van der Waals surface area contributed by atoms with Crippen molar-refractivity contribution in [1.82, 2.24) is 4.98 Å². The van der Waals surface area contributed by atoms with Crippen LogP contribution in [0.5, 0.6) is 11.6 Å². The summed E-state index contributed by atoms with van der Waals surface area (Å²) in [4.78, 5) is 5.74. The molecular formula is C16H20N2OS. The monoisotopic (exact) mass is 288 g/mol. The van der Waals surface area contributed by atoms with Gasteiger partial charge in [0, 0.05) is 23.2 Å². The summed E-state index contributed by atoms with van der Waals surface area (Å²) in [6.45, 7) is 2.64. The van der Waals surface area contributed by atoms with Crippen LogP contribution in [0.2, 0.25) is 0 Å². The van der Waals surface area contributed by atoms with Gasteiger partial charge in [0.05, 0.1) is 0 Å². The van der Waals surface area contributed by atoms with Crippen LogP contribution >= 0.6 is 11.8 Å². The van der Waals surface area contributed by atoms with E-state index in [0.29, 0.717) is 12.4 Å². The van der Waals surface area contributed by atoms with Crippen LogP contribution in [0.25, 0.3) is 0 Å². The molecule has 0 saturated carbocycles. The molecule has 1 aromatic carbocycles. The van der Waals surface area contributed by atoms with Gasteiger partial charge >= 0.3 is 0 Å². The molecule has 0 unspecified atom stereocenters. The number of nitrogens with zero attached hydrogens (tertiary/aromatic N) is 1. The predicted octanol–water partition coefficient (Wildman–Crippen LogP) is 4.01. The summed E-state index contributed by atoms with van der Waals surface area (Å²) in [7, 11) is 0. The number of hydrogen-bond donors (Lipinski definition) is 1. The average molecular weight is 288 g/mol. The molecule has 1 heterocycles. The highest BCUT2D eigenvalue weighted by atomic mass is 32.2. The van der Waals surface area contributed by atoms with Gasteiger partial charge in [-0.05, 0) is 48.6 Å². The molecule has 2 rings (SSSR count). The van der Waals surface area contributed by atoms with Crippen LogP contribution in [0.1, 0.15) is 24.6 Å². The van der Waals surface area contributed by atoms with E-state index in [1.54, 1.807) is 11.8 Å². The van der Waals surface area contributed by atoms with E-state index < -0.39 is 0 Å². The maximum atomic E-state index is 5.83. The number of nitrogens with two attached hydrogens (primary N) is 1. The molecule has 106 valence electrons. The van der Waals surface area contributed by atoms with Gasteiger partial charge in [0.1, 0.15) is 5.75 Å². The molecule has 0 spiro atoms. The van der Waals surface area contributed by atoms with E-state index in [0.717, 1.165) is 29.8 Å². The molecule has 2 N–H and O–H groups in total. The molecule has 0 saturated heterocycles. The van der Waals surface area contributed by atoms with Crippen LogP contribution in [0, 0.1) is 0 Å². The molecule has 20 heavy (non-hydrogen) atoms. The normalized spacial score (nSPS) is 10.6. The standard InChI is InChI=1S/C16H20N2OS/c1-3-4-13-9-12(11-17)10-16(18-13)19-14-5-7-15(20-2)8-6-14/h5-10H,3-4,11,17H2,1-2H3. The van der Waals surface area contributed by atoms with Crippen LogP contribution in [0.15, 0.2) is 41.3 Å². The van der Waals surface area contributed by atoms with Gasteiger partial charge in [0.25, 0.3) is 0 Å². The minimum absolute atomic E-state index is 0.501. The number of pyridine rings is 1. The molecule has 1 aromatic heterocycles. The number of aromatic nitrogens is 1. The summed E-state index contributed by atoms with van der Waals surface area (Å²) < 4.78 is 5.83. The first-order valence-corrected chi connectivity index (χ1v) is 7.99. The Morgan fingerprint density at radius 3 is 2.55 bits per heavy atom. The Hall–Kier alpha value is -1.52. The summed E-state index contributed by atoms with van der Waals surface area (Å²) in [5, 5.41) is 0. The lowest BCUT2D eigenvalue weighted by atomic mass is 10.1. The van der Waals surface area contributed by atoms with Gasteiger partial charge in [-0.15, -0.1) is 11.8 Å². The van der Waals surface area contributed by atoms with E-state index >= 15 is 0 Å². The van der Waals surface area contributed by atoms with Gasteiger partial charge in [0.2, 0.25) is 5.88 Å². The van der Waals surface area contributed by atoms with Gasteiger partial charge in [-0.25, -0.2) is 4.98 Å². The second kappa shape index (κ2) is 7.31. The molecule has 2 aromatic rings. The lowest BCUT2D eigenvalue weighted by molar-refractivity contribution is 0.459. The van der Waals surface area contributed by atoms with Crippen LogP contribution in [-0.4, -0.2) is 11.2 Å². The molecule has 0 bridgehead atoms. The van der Waals surface area contributed by atoms with Gasteiger partial charge in [-0.2, -0.15) is 0 Å². The van der Waals surface area contributed by atoms with E-state index in [2.05, 4.69) is 18.2 Å². The Labute approximate surface area is 124 Å². The fraction of sp³-hybridized carbons (Fsp3) is 0.312. The van der Waals surface area contributed by atoms with Crippen molar-refractivity contribution in [3.8, 4) is 11.6 Å². The largest absolute Gasteiger partial charge is 0.439 e. The van der Waals surface area contributed by atoms with E-state index in [1.807, 2.05) is 36.4 Å². The lowest BCUT2D eigenvalue weighted by Crippen LogP contribution is -2.01. The summed E-state index contributed by atoms with van der Waals surface area (Å²) in [5.41, 5.74) is 7.82. The zero-order valence-corrected chi connectivity index (χ0v) is 12.7. The zero-order chi connectivity index (χ0) is 14.4. The molecule has 0 radical (unpaired) electrons. The second-order valence-corrected chi connectivity index (χ2v) is 5.42. The lowest BCUT2D eigenvalue weighted by Gasteiger charge is -2.09. The number of benzene rings is 1. The molecule has 0 aliphatic carbocycles. The Kier molecular flexibility index (Phi) is 5.44. The molecule has 0 fully saturated rings. The molecule has 0 aliphatic rings. The quantitative estimate of drug-likeness (QED) is 0.816. The Morgan fingerprint density at radius 1 is 1.20 bits per heavy atom. The number of aryl methyl sites for hydroxylation is 1. The average Bonchev–Trinajstić information content (AvgIpc) is 2.48. The van der Waals surface area contributed by atoms with Crippen molar-refractivity contribution in [2.45, 2.75) is 31.2 Å². The van der Waals surface area contributed by atoms with Crippen molar-refractivity contribution in [3.63, 3.8) is 0 Å². The van der Waals surface area contributed by atoms with E-state index in [-0.39, 0.29) is 0 Å². The number of thioether (sulfide) groups is 1. The molecule has 0 aliphatic heterocycles. The van der Waals surface area contributed by atoms with E-state index in [9.17, 15) is 0 Å². The Bertz CT molecular complexity index is 555. The van der Waals surface area contributed by atoms with Gasteiger partial charge < -0.3 is 10.5 Å². The molecular weight excluding hydrogens is 268 g/mol. The van der Waals surface area contributed by atoms with Gasteiger partial charge in [-0.3, -0.25) is 0 Å². The van der Waals surface area contributed by atoms with Crippen LogP contribution in [-0.2, 0) is 13.0 Å². The first kappa shape index (κ1) is 14.9. The van der Waals surface area contributed by atoms with E-state index in [1.165, 1.54) is 4.90 Å².